The molecule has 0 saturated carbocycles. The second-order valence-corrected chi connectivity index (χ2v) is 6.22. The normalized spacial score (nSPS) is 12.5. The van der Waals surface area contributed by atoms with Crippen molar-refractivity contribution >= 4 is 35.2 Å². The maximum Gasteiger partial charge on any atom is 0.253 e. The molecule has 1 N–H and O–H groups in total. The first-order valence-electron chi connectivity index (χ1n) is 5.84. The van der Waals surface area contributed by atoms with Crippen LogP contribution in [-0.4, -0.2) is 17.4 Å². The number of hydrogen-bond acceptors (Lipinski definition) is 4. The first-order valence-corrected chi connectivity index (χ1v) is 7.60. The predicted octanol–water partition coefficient (Wildman–Crippen LogP) is 3.38. The smallest absolute Gasteiger partial charge is 0.253 e. The Balaban J connectivity index is 1.83. The van der Waals surface area contributed by atoms with E-state index in [0.29, 0.717) is 0 Å². The van der Waals surface area contributed by atoms with E-state index in [-0.39, 0.29) is 11.2 Å². The van der Waals surface area contributed by atoms with Crippen LogP contribution in [0.5, 0.6) is 0 Å². The summed E-state index contributed by atoms with van der Waals surface area (Å²) in [6, 6.07) is 13.8. The number of hydrazone groups is 1. The highest BCUT2D eigenvalue weighted by Gasteiger charge is 2.13. The molecule has 1 amide bonds. The summed E-state index contributed by atoms with van der Waals surface area (Å²) in [6.45, 7) is 1.87. The Morgan fingerprint density at radius 1 is 1.32 bits per heavy atom. The number of nitrogens with zero attached hydrogens (tertiary/aromatic N) is 1. The number of benzene rings is 1. The molecule has 1 aromatic heterocycles. The molecule has 2 aromatic rings. The lowest BCUT2D eigenvalue weighted by Gasteiger charge is -2.08. The van der Waals surface area contributed by atoms with Gasteiger partial charge < -0.3 is 0 Å². The SMILES string of the molecule is C[C@H](Sc1ccccc1)C(=O)N/N=C\c1cccs1. The fraction of sp³-hybridized carbons (Fsp3) is 0.143. The fourth-order valence-corrected chi connectivity index (χ4v) is 2.84. The van der Waals surface area contributed by atoms with Gasteiger partial charge in [0.05, 0.1) is 11.5 Å². The van der Waals surface area contributed by atoms with Gasteiger partial charge in [0, 0.05) is 9.77 Å². The molecule has 98 valence electrons. The van der Waals surface area contributed by atoms with Gasteiger partial charge >= 0.3 is 0 Å². The number of amides is 1. The lowest BCUT2D eigenvalue weighted by molar-refractivity contribution is -0.120. The Labute approximate surface area is 120 Å². The average molecular weight is 290 g/mol. The van der Waals surface area contributed by atoms with Crippen molar-refractivity contribution in [2.75, 3.05) is 0 Å². The summed E-state index contributed by atoms with van der Waals surface area (Å²) in [5.41, 5.74) is 2.56. The molecule has 0 spiro atoms. The molecule has 1 heterocycles. The van der Waals surface area contributed by atoms with Gasteiger partial charge in [0.1, 0.15) is 0 Å². The Bertz CT molecular complexity index is 538. The number of carbonyl (C=O) groups is 1. The van der Waals surface area contributed by atoms with Crippen molar-refractivity contribution in [2.24, 2.45) is 5.10 Å². The first kappa shape index (κ1) is 13.8. The number of thiophene rings is 1. The molecule has 3 nitrogen and oxygen atoms in total. The lowest BCUT2D eigenvalue weighted by Crippen LogP contribution is -2.26. The van der Waals surface area contributed by atoms with E-state index < -0.39 is 0 Å². The minimum atomic E-state index is -0.178. The molecule has 0 radical (unpaired) electrons. The molecule has 0 bridgehead atoms. The number of carbonyl (C=O) groups excluding carboxylic acids is 1. The standard InChI is InChI=1S/C14H14N2OS2/c1-11(19-12-6-3-2-4-7-12)14(17)16-15-10-13-8-5-9-18-13/h2-11H,1H3,(H,16,17)/b15-10-/t11-/m0/s1. The molecule has 0 aliphatic rings. The topological polar surface area (TPSA) is 41.5 Å². The quantitative estimate of drug-likeness (QED) is 0.521. The molecule has 0 aliphatic carbocycles. The van der Waals surface area contributed by atoms with Crippen molar-refractivity contribution in [1.82, 2.24) is 5.43 Å². The molecule has 0 aliphatic heterocycles. The fourth-order valence-electron chi connectivity index (χ4n) is 1.37. The average Bonchev–Trinajstić information content (AvgIpc) is 2.93. The van der Waals surface area contributed by atoms with Crippen LogP contribution in [0.2, 0.25) is 0 Å². The van der Waals surface area contributed by atoms with E-state index in [2.05, 4.69) is 10.5 Å². The molecule has 1 aromatic carbocycles. The Kier molecular flexibility index (Phi) is 5.18. The number of nitrogens with one attached hydrogen (secondary N) is 1. The maximum absolute atomic E-state index is 11.8. The highest BCUT2D eigenvalue weighted by Crippen LogP contribution is 2.22. The zero-order valence-corrected chi connectivity index (χ0v) is 12.1. The Hall–Kier alpha value is -1.59. The second kappa shape index (κ2) is 7.11. The number of thioether (sulfide) groups is 1. The Morgan fingerprint density at radius 2 is 2.11 bits per heavy atom. The minimum Gasteiger partial charge on any atom is -0.272 e. The van der Waals surface area contributed by atoms with Crippen LogP contribution in [0.15, 0.2) is 57.8 Å². The third-order valence-corrected chi connectivity index (χ3v) is 4.25. The Morgan fingerprint density at radius 3 is 2.79 bits per heavy atom. The van der Waals surface area contributed by atoms with Gasteiger partial charge in [0.15, 0.2) is 0 Å². The van der Waals surface area contributed by atoms with Crippen LogP contribution in [0.1, 0.15) is 11.8 Å². The zero-order valence-electron chi connectivity index (χ0n) is 10.4. The van der Waals surface area contributed by atoms with Gasteiger partial charge in [-0.3, -0.25) is 4.79 Å². The molecule has 0 fully saturated rings. The van der Waals surface area contributed by atoms with Crippen molar-refractivity contribution in [3.8, 4) is 0 Å². The largest absolute Gasteiger partial charge is 0.272 e. The van der Waals surface area contributed by atoms with Crippen LogP contribution in [0.25, 0.3) is 0 Å². The zero-order chi connectivity index (χ0) is 13.5. The molecule has 0 saturated heterocycles. The molecule has 19 heavy (non-hydrogen) atoms. The van der Waals surface area contributed by atoms with E-state index in [1.165, 1.54) is 11.8 Å². The molecule has 1 atom stereocenters. The van der Waals surface area contributed by atoms with E-state index in [9.17, 15) is 4.79 Å². The van der Waals surface area contributed by atoms with Gasteiger partial charge in [-0.05, 0) is 30.5 Å². The molecular weight excluding hydrogens is 276 g/mol. The second-order valence-electron chi connectivity index (χ2n) is 3.82. The lowest BCUT2D eigenvalue weighted by atomic mass is 10.4. The minimum absolute atomic E-state index is 0.0957. The van der Waals surface area contributed by atoms with Crippen LogP contribution < -0.4 is 5.43 Å². The summed E-state index contributed by atoms with van der Waals surface area (Å²) in [6.07, 6.45) is 1.66. The van der Waals surface area contributed by atoms with Crippen LogP contribution in [-0.2, 0) is 4.79 Å². The monoisotopic (exact) mass is 290 g/mol. The van der Waals surface area contributed by atoms with E-state index in [1.54, 1.807) is 17.6 Å². The van der Waals surface area contributed by atoms with Gasteiger partial charge in [-0.2, -0.15) is 5.10 Å². The van der Waals surface area contributed by atoms with Crippen molar-refractivity contribution < 1.29 is 4.79 Å². The van der Waals surface area contributed by atoms with Crippen molar-refractivity contribution in [3.63, 3.8) is 0 Å². The van der Waals surface area contributed by atoms with Crippen LogP contribution >= 0.6 is 23.1 Å². The maximum atomic E-state index is 11.8. The summed E-state index contributed by atoms with van der Waals surface area (Å²) >= 11 is 3.10. The summed E-state index contributed by atoms with van der Waals surface area (Å²) in [5.74, 6) is -0.0957. The van der Waals surface area contributed by atoms with Gasteiger partial charge in [-0.25, -0.2) is 5.43 Å². The third-order valence-electron chi connectivity index (χ3n) is 2.34. The van der Waals surface area contributed by atoms with E-state index in [1.807, 2.05) is 54.8 Å². The number of rotatable bonds is 5. The summed E-state index contributed by atoms with van der Waals surface area (Å²) in [7, 11) is 0. The molecular formula is C14H14N2OS2. The first-order chi connectivity index (χ1) is 9.25. The van der Waals surface area contributed by atoms with E-state index >= 15 is 0 Å². The van der Waals surface area contributed by atoms with E-state index in [0.717, 1.165) is 9.77 Å². The third kappa shape index (κ3) is 4.54. The van der Waals surface area contributed by atoms with Crippen molar-refractivity contribution in [3.05, 3.63) is 52.7 Å². The molecule has 5 heteroatoms. The van der Waals surface area contributed by atoms with Crippen molar-refractivity contribution in [1.29, 1.82) is 0 Å². The van der Waals surface area contributed by atoms with Crippen molar-refractivity contribution in [2.45, 2.75) is 17.1 Å². The van der Waals surface area contributed by atoms with Crippen LogP contribution in [0.4, 0.5) is 0 Å². The van der Waals surface area contributed by atoms with E-state index in [4.69, 9.17) is 0 Å². The molecule has 2 rings (SSSR count). The van der Waals surface area contributed by atoms with Crippen LogP contribution in [0, 0.1) is 0 Å². The predicted molar refractivity (Wildman–Crippen MR) is 81.8 cm³/mol. The highest BCUT2D eigenvalue weighted by molar-refractivity contribution is 8.00. The number of hydrogen-bond donors (Lipinski definition) is 1. The summed E-state index contributed by atoms with van der Waals surface area (Å²) < 4.78 is 0. The van der Waals surface area contributed by atoms with Crippen LogP contribution in [0.3, 0.4) is 0 Å². The summed E-state index contributed by atoms with van der Waals surface area (Å²) in [4.78, 5) is 13.9. The summed E-state index contributed by atoms with van der Waals surface area (Å²) in [5, 5.41) is 5.74. The van der Waals surface area contributed by atoms with Gasteiger partial charge in [-0.15, -0.1) is 23.1 Å². The van der Waals surface area contributed by atoms with Gasteiger partial charge in [0.2, 0.25) is 0 Å². The highest BCUT2D eigenvalue weighted by atomic mass is 32.2. The van der Waals surface area contributed by atoms with Gasteiger partial charge in [-0.1, -0.05) is 24.3 Å². The van der Waals surface area contributed by atoms with Gasteiger partial charge in [0.25, 0.3) is 5.91 Å². The molecule has 0 unspecified atom stereocenters.